The maximum Gasteiger partial charge on any atom is 0.228 e. The number of nitrogens with two attached hydrogens (primary N) is 1. The number of carbonyl (C=O) groups is 1. The van der Waals surface area contributed by atoms with Crippen LogP contribution in [-0.2, 0) is 29.4 Å². The van der Waals surface area contributed by atoms with E-state index in [1.165, 1.54) is 0 Å². The van der Waals surface area contributed by atoms with E-state index in [-0.39, 0.29) is 5.91 Å². The number of pyridine rings is 1. The molecule has 0 atom stereocenters. The van der Waals surface area contributed by atoms with E-state index in [0.717, 1.165) is 34.9 Å². The summed E-state index contributed by atoms with van der Waals surface area (Å²) < 4.78 is 14.1. The number of anilines is 1. The average Bonchev–Trinajstić information content (AvgIpc) is 3.28. The van der Waals surface area contributed by atoms with Crippen molar-refractivity contribution in [3.8, 4) is 5.88 Å². The molecule has 0 spiro atoms. The molecular formula is C23H36BrN5O3Si. The van der Waals surface area contributed by atoms with Crippen molar-refractivity contribution >= 4 is 35.7 Å². The fourth-order valence-corrected chi connectivity index (χ4v) is 4.89. The molecule has 1 amide bonds. The Hall–Kier alpha value is -1.91. The van der Waals surface area contributed by atoms with Crippen molar-refractivity contribution in [3.05, 3.63) is 34.1 Å². The number of rotatable bonds is 11. The highest BCUT2D eigenvalue weighted by atomic mass is 79.9. The van der Waals surface area contributed by atoms with Gasteiger partial charge in [0.2, 0.25) is 11.8 Å². The van der Waals surface area contributed by atoms with Gasteiger partial charge >= 0.3 is 0 Å². The molecule has 3 rings (SSSR count). The zero-order valence-electron chi connectivity index (χ0n) is 20.4. The number of nitrogens with zero attached hydrogens (tertiary/aromatic N) is 4. The summed E-state index contributed by atoms with van der Waals surface area (Å²) in [6, 6.07) is 6.67. The summed E-state index contributed by atoms with van der Waals surface area (Å²) in [6.45, 7) is 13.6. The van der Waals surface area contributed by atoms with Crippen LogP contribution in [0.3, 0.4) is 0 Å². The Morgan fingerprint density at radius 2 is 2.00 bits per heavy atom. The number of aromatic nitrogens is 3. The van der Waals surface area contributed by atoms with Gasteiger partial charge in [-0.3, -0.25) is 4.79 Å². The molecule has 0 aliphatic carbocycles. The highest BCUT2D eigenvalue weighted by Crippen LogP contribution is 2.33. The molecule has 2 aromatic heterocycles. The zero-order chi connectivity index (χ0) is 24.2. The van der Waals surface area contributed by atoms with Gasteiger partial charge < -0.3 is 20.1 Å². The molecule has 0 saturated carbocycles. The highest BCUT2D eigenvalue weighted by Gasteiger charge is 2.37. The molecule has 0 bridgehead atoms. The molecule has 1 aliphatic rings. The number of ether oxygens (including phenoxy) is 2. The van der Waals surface area contributed by atoms with Crippen molar-refractivity contribution in [2.24, 2.45) is 5.41 Å². The van der Waals surface area contributed by atoms with Gasteiger partial charge in [0, 0.05) is 31.7 Å². The Balaban J connectivity index is 1.50. The molecule has 33 heavy (non-hydrogen) atoms. The predicted molar refractivity (Wildman–Crippen MR) is 135 cm³/mol. The van der Waals surface area contributed by atoms with Crippen LogP contribution >= 0.6 is 15.9 Å². The molecule has 3 heterocycles. The van der Waals surface area contributed by atoms with Crippen LogP contribution in [-0.4, -0.2) is 46.9 Å². The fraction of sp³-hybridized carbons (Fsp3) is 0.609. The minimum Gasteiger partial charge on any atom is -0.478 e. The van der Waals surface area contributed by atoms with Crippen molar-refractivity contribution in [1.82, 2.24) is 19.7 Å². The van der Waals surface area contributed by atoms with Crippen LogP contribution in [0.2, 0.25) is 25.7 Å². The molecule has 0 unspecified atom stereocenters. The van der Waals surface area contributed by atoms with Crippen LogP contribution in [0.4, 0.5) is 5.82 Å². The first-order valence-electron chi connectivity index (χ1n) is 11.4. The van der Waals surface area contributed by atoms with Crippen molar-refractivity contribution in [2.75, 3.05) is 18.9 Å². The third kappa shape index (κ3) is 7.03. The van der Waals surface area contributed by atoms with E-state index in [1.54, 1.807) is 0 Å². The van der Waals surface area contributed by atoms with E-state index in [9.17, 15) is 4.79 Å². The largest absolute Gasteiger partial charge is 0.478 e. The molecule has 10 heteroatoms. The van der Waals surface area contributed by atoms with E-state index in [4.69, 9.17) is 15.2 Å². The molecule has 2 N–H and O–H groups in total. The van der Waals surface area contributed by atoms with Crippen LogP contribution in [0, 0.1) is 5.41 Å². The smallest absolute Gasteiger partial charge is 0.228 e. The molecule has 182 valence electrons. The number of carbonyl (C=O) groups excluding carboxylic acids is 1. The second-order valence-corrected chi connectivity index (χ2v) is 16.9. The topological polar surface area (TPSA) is 95.5 Å². The van der Waals surface area contributed by atoms with E-state index in [1.807, 2.05) is 41.6 Å². The SMILES string of the molecule is CC(C)(CCCOc1cccc(Br)n1)C(=O)N1Cc2c(N)nn(COCC[Si](C)(C)C)c2C1. The normalized spacial score (nSPS) is 13.9. The van der Waals surface area contributed by atoms with Gasteiger partial charge in [-0.2, -0.15) is 5.10 Å². The average molecular weight is 539 g/mol. The third-order valence-electron chi connectivity index (χ3n) is 5.85. The summed E-state index contributed by atoms with van der Waals surface area (Å²) in [5.74, 6) is 1.18. The number of nitrogen functional groups attached to an aromatic ring is 1. The van der Waals surface area contributed by atoms with Gasteiger partial charge in [0.05, 0.1) is 25.4 Å². The van der Waals surface area contributed by atoms with E-state index < -0.39 is 13.5 Å². The second-order valence-electron chi connectivity index (χ2n) is 10.5. The first kappa shape index (κ1) is 25.7. The number of halogens is 1. The third-order valence-corrected chi connectivity index (χ3v) is 7.99. The number of fused-ring (bicyclic) bond motifs is 1. The molecule has 8 nitrogen and oxygen atoms in total. The monoisotopic (exact) mass is 537 g/mol. The quantitative estimate of drug-likeness (QED) is 0.254. The lowest BCUT2D eigenvalue weighted by atomic mass is 9.86. The standard InChI is InChI=1S/C23H36BrN5O3Si/c1-23(2,10-7-11-32-20-9-6-8-19(24)26-20)22(30)28-14-17-18(15-28)29(27-21(17)25)16-31-12-13-33(3,4)5/h6,8-9H,7,10-16H2,1-5H3,(H2,25,27). The van der Waals surface area contributed by atoms with E-state index in [0.29, 0.717) is 44.5 Å². The summed E-state index contributed by atoms with van der Waals surface area (Å²) >= 11 is 3.34. The van der Waals surface area contributed by atoms with Gasteiger partial charge in [-0.1, -0.05) is 39.6 Å². The van der Waals surface area contributed by atoms with Crippen LogP contribution < -0.4 is 10.5 Å². The van der Waals surface area contributed by atoms with Crippen molar-refractivity contribution in [3.63, 3.8) is 0 Å². The van der Waals surface area contributed by atoms with Crippen molar-refractivity contribution in [2.45, 2.75) is 72.2 Å². The van der Waals surface area contributed by atoms with Gasteiger partial charge in [0.1, 0.15) is 11.3 Å². The highest BCUT2D eigenvalue weighted by molar-refractivity contribution is 9.10. The molecule has 0 fully saturated rings. The lowest BCUT2D eigenvalue weighted by molar-refractivity contribution is -0.141. The number of hydrogen-bond acceptors (Lipinski definition) is 6. The number of hydrogen-bond donors (Lipinski definition) is 1. The Labute approximate surface area is 206 Å². The molecule has 0 aromatic carbocycles. The van der Waals surface area contributed by atoms with E-state index >= 15 is 0 Å². The van der Waals surface area contributed by atoms with Crippen molar-refractivity contribution < 1.29 is 14.3 Å². The Kier molecular flexibility index (Phi) is 8.23. The Morgan fingerprint density at radius 1 is 1.24 bits per heavy atom. The van der Waals surface area contributed by atoms with Crippen LogP contribution in [0.1, 0.15) is 37.9 Å². The summed E-state index contributed by atoms with van der Waals surface area (Å²) in [4.78, 5) is 19.4. The minimum atomic E-state index is -1.14. The summed E-state index contributed by atoms with van der Waals surface area (Å²) in [7, 11) is -1.14. The van der Waals surface area contributed by atoms with Crippen LogP contribution in [0.5, 0.6) is 5.88 Å². The van der Waals surface area contributed by atoms with Gasteiger partial charge in [0.15, 0.2) is 5.82 Å². The first-order valence-corrected chi connectivity index (χ1v) is 15.9. The molecule has 1 aliphatic heterocycles. The predicted octanol–water partition coefficient (Wildman–Crippen LogP) is 4.66. The fourth-order valence-electron chi connectivity index (χ4n) is 3.81. The lowest BCUT2D eigenvalue weighted by Gasteiger charge is -2.29. The maximum absolute atomic E-state index is 13.3. The summed E-state index contributed by atoms with van der Waals surface area (Å²) in [5.41, 5.74) is 7.58. The Bertz CT molecular complexity index is 973. The molecule has 0 saturated heterocycles. The number of amides is 1. The van der Waals surface area contributed by atoms with Gasteiger partial charge in [0.25, 0.3) is 0 Å². The van der Waals surface area contributed by atoms with Gasteiger partial charge in [-0.25, -0.2) is 9.67 Å². The van der Waals surface area contributed by atoms with Gasteiger partial charge in [-0.15, -0.1) is 0 Å². The van der Waals surface area contributed by atoms with E-state index in [2.05, 4.69) is 45.7 Å². The maximum atomic E-state index is 13.3. The molecular weight excluding hydrogens is 502 g/mol. The lowest BCUT2D eigenvalue weighted by Crippen LogP contribution is -2.38. The van der Waals surface area contributed by atoms with Crippen LogP contribution in [0.25, 0.3) is 0 Å². The van der Waals surface area contributed by atoms with Crippen molar-refractivity contribution in [1.29, 1.82) is 0 Å². The zero-order valence-corrected chi connectivity index (χ0v) is 22.9. The summed E-state index contributed by atoms with van der Waals surface area (Å²) in [6.07, 6.45) is 1.47. The molecule has 2 aromatic rings. The van der Waals surface area contributed by atoms with Gasteiger partial charge in [-0.05, 0) is 40.9 Å². The second kappa shape index (κ2) is 10.6. The summed E-state index contributed by atoms with van der Waals surface area (Å²) in [5, 5.41) is 4.43. The Morgan fingerprint density at radius 3 is 2.70 bits per heavy atom. The minimum absolute atomic E-state index is 0.116. The first-order chi connectivity index (χ1) is 15.5. The van der Waals surface area contributed by atoms with Crippen LogP contribution in [0.15, 0.2) is 22.8 Å². The molecule has 0 radical (unpaired) electrons.